The highest BCUT2D eigenvalue weighted by atomic mass is 35.5. The summed E-state index contributed by atoms with van der Waals surface area (Å²) in [6.45, 7) is 10.6. The fourth-order valence-electron chi connectivity index (χ4n) is 2.78. The Morgan fingerprint density at radius 1 is 1.08 bits per heavy atom. The number of hydrogen-bond acceptors (Lipinski definition) is 6. The summed E-state index contributed by atoms with van der Waals surface area (Å²) in [5.74, 6) is -1.00. The second-order valence-corrected chi connectivity index (χ2v) is 14.5. The Morgan fingerprint density at radius 2 is 1.62 bits per heavy atom. The van der Waals surface area contributed by atoms with Gasteiger partial charge in [-0.3, -0.25) is 9.59 Å². The molecule has 0 spiro atoms. The Hall–Kier alpha value is -0.243. The zero-order valence-electron chi connectivity index (χ0n) is 15.3. The summed E-state index contributed by atoms with van der Waals surface area (Å²) in [6, 6.07) is 1.05. The first kappa shape index (κ1) is 21.8. The lowest BCUT2D eigenvalue weighted by Gasteiger charge is -2.25. The maximum atomic E-state index is 11.5. The minimum Gasteiger partial charge on any atom is -0.461 e. The van der Waals surface area contributed by atoms with E-state index in [-0.39, 0.29) is 23.1 Å². The average Bonchev–Trinajstić information content (AvgIpc) is 2.65. The van der Waals surface area contributed by atoms with Crippen LogP contribution in [-0.2, 0) is 23.8 Å². The van der Waals surface area contributed by atoms with Gasteiger partial charge in [-0.2, -0.15) is 11.8 Å². The molecule has 1 fully saturated rings. The molecule has 1 aliphatic rings. The topological polar surface area (TPSA) is 61.8 Å². The number of carbonyl (C=O) groups excluding carboxylic acids is 2. The molecule has 0 bridgehead atoms. The fraction of sp³-hybridized carbons (Fsp3) is 0.875. The van der Waals surface area contributed by atoms with Gasteiger partial charge in [-0.15, -0.1) is 11.6 Å². The smallest absolute Gasteiger partial charge is 0.302 e. The monoisotopic (exact) mass is 396 g/mol. The van der Waals surface area contributed by atoms with E-state index in [9.17, 15) is 9.59 Å². The first-order chi connectivity index (χ1) is 11.1. The van der Waals surface area contributed by atoms with Gasteiger partial charge in [-0.1, -0.05) is 19.6 Å². The molecule has 1 rings (SSSR count). The Bertz CT molecular complexity index is 443. The molecule has 0 aromatic carbocycles. The SMILES string of the molecule is CS[C@@H]1[C@@H](Cl)[C@H](OC(C)=O)[C@@H](COCC[Si](C)(C)C)[C@@H]1OC(C)=O. The molecular weight excluding hydrogens is 368 g/mol. The predicted octanol–water partition coefficient (Wildman–Crippen LogP) is 3.17. The van der Waals surface area contributed by atoms with Crippen LogP contribution in [0.5, 0.6) is 0 Å². The molecule has 5 atom stereocenters. The maximum Gasteiger partial charge on any atom is 0.302 e. The zero-order valence-corrected chi connectivity index (χ0v) is 17.9. The van der Waals surface area contributed by atoms with E-state index in [1.54, 1.807) is 0 Å². The van der Waals surface area contributed by atoms with Crippen molar-refractivity contribution < 1.29 is 23.8 Å². The van der Waals surface area contributed by atoms with Crippen LogP contribution in [0, 0.1) is 5.92 Å². The van der Waals surface area contributed by atoms with E-state index in [0.717, 1.165) is 6.04 Å². The molecule has 24 heavy (non-hydrogen) atoms. The number of esters is 2. The zero-order chi connectivity index (χ0) is 18.5. The third kappa shape index (κ3) is 6.58. The number of hydrogen-bond donors (Lipinski definition) is 0. The molecule has 8 heteroatoms. The molecule has 1 aliphatic carbocycles. The van der Waals surface area contributed by atoms with Gasteiger partial charge in [0.15, 0.2) is 0 Å². The van der Waals surface area contributed by atoms with Crippen LogP contribution < -0.4 is 0 Å². The summed E-state index contributed by atoms with van der Waals surface area (Å²) in [5.41, 5.74) is 0. The van der Waals surface area contributed by atoms with Crippen LogP contribution in [-0.4, -0.2) is 62.3 Å². The first-order valence-electron chi connectivity index (χ1n) is 8.16. The summed E-state index contributed by atoms with van der Waals surface area (Å²) in [6.07, 6.45) is 0.976. The van der Waals surface area contributed by atoms with Crippen LogP contribution in [0.15, 0.2) is 0 Å². The first-order valence-corrected chi connectivity index (χ1v) is 13.6. The summed E-state index contributed by atoms with van der Waals surface area (Å²) < 4.78 is 16.8. The summed E-state index contributed by atoms with van der Waals surface area (Å²) in [7, 11) is -1.18. The van der Waals surface area contributed by atoms with E-state index < -0.39 is 25.7 Å². The second kappa shape index (κ2) is 9.45. The summed E-state index contributed by atoms with van der Waals surface area (Å²) in [4.78, 5) is 22.9. The van der Waals surface area contributed by atoms with Crippen molar-refractivity contribution in [2.45, 2.75) is 62.4 Å². The standard InChI is InChI=1S/C16H29ClO5SSi/c1-10(18)21-14-12(9-20-7-8-24(4,5)6)15(22-11(2)19)16(23-3)13(14)17/h12-16H,7-9H2,1-6H3/t12-,13+,14-,15+,16-/m1/s1. The molecule has 5 nitrogen and oxygen atoms in total. The van der Waals surface area contributed by atoms with Crippen molar-refractivity contribution >= 4 is 43.4 Å². The van der Waals surface area contributed by atoms with Gasteiger partial charge in [0.05, 0.1) is 23.2 Å². The predicted molar refractivity (Wildman–Crippen MR) is 101 cm³/mol. The lowest BCUT2D eigenvalue weighted by molar-refractivity contribution is -0.155. The molecule has 1 saturated carbocycles. The summed E-state index contributed by atoms with van der Waals surface area (Å²) in [5, 5.41) is -0.552. The van der Waals surface area contributed by atoms with Crippen LogP contribution in [0.4, 0.5) is 0 Å². The minimum atomic E-state index is -1.18. The van der Waals surface area contributed by atoms with E-state index in [0.29, 0.717) is 13.2 Å². The molecular formula is C16H29ClO5SSi. The van der Waals surface area contributed by atoms with Crippen molar-refractivity contribution in [3.63, 3.8) is 0 Å². The van der Waals surface area contributed by atoms with Gasteiger partial charge in [0, 0.05) is 28.5 Å². The van der Waals surface area contributed by atoms with Gasteiger partial charge in [0.1, 0.15) is 12.2 Å². The van der Waals surface area contributed by atoms with E-state index >= 15 is 0 Å². The molecule has 0 unspecified atom stereocenters. The van der Waals surface area contributed by atoms with Crippen molar-refractivity contribution in [2.24, 2.45) is 5.92 Å². The highest BCUT2D eigenvalue weighted by Gasteiger charge is 2.53. The quantitative estimate of drug-likeness (QED) is 0.272. The van der Waals surface area contributed by atoms with Crippen LogP contribution >= 0.6 is 23.4 Å². The van der Waals surface area contributed by atoms with E-state index in [4.69, 9.17) is 25.8 Å². The third-order valence-electron chi connectivity index (χ3n) is 3.98. The van der Waals surface area contributed by atoms with Gasteiger partial charge in [-0.05, 0) is 12.3 Å². The van der Waals surface area contributed by atoms with Gasteiger partial charge in [0.2, 0.25) is 0 Å². The number of carbonyl (C=O) groups is 2. The second-order valence-electron chi connectivity index (χ2n) is 7.34. The normalized spacial score (nSPS) is 30.2. The number of ether oxygens (including phenoxy) is 3. The van der Waals surface area contributed by atoms with E-state index in [1.165, 1.54) is 25.6 Å². The third-order valence-corrected chi connectivity index (χ3v) is 7.46. The number of rotatable bonds is 8. The Morgan fingerprint density at radius 3 is 2.08 bits per heavy atom. The van der Waals surface area contributed by atoms with Gasteiger partial charge in [-0.25, -0.2) is 0 Å². The van der Waals surface area contributed by atoms with E-state index in [1.807, 2.05) is 6.26 Å². The molecule has 0 amide bonds. The van der Waals surface area contributed by atoms with Crippen molar-refractivity contribution in [2.75, 3.05) is 19.5 Å². The summed E-state index contributed by atoms with van der Waals surface area (Å²) >= 11 is 8.03. The highest BCUT2D eigenvalue weighted by molar-refractivity contribution is 7.99. The Labute approximate surface area is 155 Å². The fourth-order valence-corrected chi connectivity index (χ4v) is 5.16. The van der Waals surface area contributed by atoms with Gasteiger partial charge in [0.25, 0.3) is 0 Å². The largest absolute Gasteiger partial charge is 0.461 e. The van der Waals surface area contributed by atoms with Crippen LogP contribution in [0.2, 0.25) is 25.7 Å². The molecule has 140 valence electrons. The molecule has 0 radical (unpaired) electrons. The molecule has 0 saturated heterocycles. The van der Waals surface area contributed by atoms with Crippen LogP contribution in [0.3, 0.4) is 0 Å². The van der Waals surface area contributed by atoms with Crippen LogP contribution in [0.1, 0.15) is 13.8 Å². The molecule has 0 aromatic rings. The average molecular weight is 397 g/mol. The molecule has 0 aliphatic heterocycles. The highest BCUT2D eigenvalue weighted by Crippen LogP contribution is 2.41. The van der Waals surface area contributed by atoms with Crippen molar-refractivity contribution in [1.82, 2.24) is 0 Å². The van der Waals surface area contributed by atoms with Crippen molar-refractivity contribution in [3.8, 4) is 0 Å². The lowest BCUT2D eigenvalue weighted by Crippen LogP contribution is -2.36. The lowest BCUT2D eigenvalue weighted by atomic mass is 10.0. The number of halogens is 1. The number of alkyl halides is 1. The number of thioether (sulfide) groups is 1. The van der Waals surface area contributed by atoms with E-state index in [2.05, 4.69) is 19.6 Å². The molecule has 0 heterocycles. The minimum absolute atomic E-state index is 0.134. The van der Waals surface area contributed by atoms with Gasteiger partial charge < -0.3 is 14.2 Å². The Kier molecular flexibility index (Phi) is 8.59. The molecule has 0 N–H and O–H groups in total. The maximum absolute atomic E-state index is 11.5. The van der Waals surface area contributed by atoms with Gasteiger partial charge >= 0.3 is 11.9 Å². The van der Waals surface area contributed by atoms with Crippen molar-refractivity contribution in [1.29, 1.82) is 0 Å². The van der Waals surface area contributed by atoms with Crippen molar-refractivity contribution in [3.05, 3.63) is 0 Å². The van der Waals surface area contributed by atoms with Crippen LogP contribution in [0.25, 0.3) is 0 Å². The Balaban J connectivity index is 2.83. The molecule has 0 aromatic heterocycles.